The Labute approximate surface area is 124 Å². The van der Waals surface area contributed by atoms with Gasteiger partial charge in [0, 0.05) is 11.4 Å². The number of hydrogen-bond donors (Lipinski definition) is 2. The third kappa shape index (κ3) is 3.90. The Kier molecular flexibility index (Phi) is 4.80. The van der Waals surface area contributed by atoms with Gasteiger partial charge < -0.3 is 9.73 Å². The van der Waals surface area contributed by atoms with E-state index >= 15 is 0 Å². The lowest BCUT2D eigenvalue weighted by molar-refractivity contribution is 0.400. The van der Waals surface area contributed by atoms with E-state index < -0.39 is 10.0 Å². The zero-order valence-electron chi connectivity index (χ0n) is 10.1. The van der Waals surface area contributed by atoms with Crippen LogP contribution in [0.3, 0.4) is 0 Å². The second-order valence-corrected chi connectivity index (χ2v) is 8.10. The molecule has 0 unspecified atom stereocenters. The lowest BCUT2D eigenvalue weighted by Gasteiger charge is -2.00. The zero-order valence-corrected chi connectivity index (χ0v) is 13.4. The van der Waals surface area contributed by atoms with Crippen LogP contribution in [0.25, 0.3) is 0 Å². The van der Waals surface area contributed by atoms with E-state index in [2.05, 4.69) is 26.0 Å². The topological polar surface area (TPSA) is 71.3 Å². The van der Waals surface area contributed by atoms with Crippen LogP contribution < -0.4 is 10.0 Å². The van der Waals surface area contributed by atoms with Crippen molar-refractivity contribution in [1.82, 2.24) is 10.0 Å². The molecule has 0 atom stereocenters. The van der Waals surface area contributed by atoms with Crippen molar-refractivity contribution in [3.8, 4) is 0 Å². The summed E-state index contributed by atoms with van der Waals surface area (Å²) in [4.78, 5) is 1.20. The van der Waals surface area contributed by atoms with Crippen molar-refractivity contribution in [2.75, 3.05) is 7.05 Å². The molecule has 2 rings (SSSR count). The summed E-state index contributed by atoms with van der Waals surface area (Å²) < 4.78 is 31.5. The third-order valence-electron chi connectivity index (χ3n) is 2.40. The molecule has 2 aromatic rings. The molecule has 0 amide bonds. The van der Waals surface area contributed by atoms with Gasteiger partial charge >= 0.3 is 0 Å². The van der Waals surface area contributed by atoms with Gasteiger partial charge in [-0.05, 0) is 47.2 Å². The molecule has 2 N–H and O–H groups in total. The average molecular weight is 365 g/mol. The lowest BCUT2D eigenvalue weighted by atomic mass is 10.4. The van der Waals surface area contributed by atoms with E-state index in [4.69, 9.17) is 4.42 Å². The Balaban J connectivity index is 1.90. The first kappa shape index (κ1) is 14.7. The summed E-state index contributed by atoms with van der Waals surface area (Å²) in [6, 6.07) is 7.12. The average Bonchev–Trinajstić information content (AvgIpc) is 2.99. The van der Waals surface area contributed by atoms with Crippen LogP contribution in [-0.4, -0.2) is 15.5 Å². The maximum atomic E-state index is 11.5. The van der Waals surface area contributed by atoms with Crippen molar-refractivity contribution in [2.24, 2.45) is 0 Å². The fourth-order valence-electron chi connectivity index (χ4n) is 1.45. The predicted molar refractivity (Wildman–Crippen MR) is 77.5 cm³/mol. The van der Waals surface area contributed by atoms with Crippen LogP contribution in [0.1, 0.15) is 10.6 Å². The maximum Gasteiger partial charge on any atom is 0.273 e. The van der Waals surface area contributed by atoms with Crippen molar-refractivity contribution in [3.05, 3.63) is 38.7 Å². The monoisotopic (exact) mass is 364 g/mol. The van der Waals surface area contributed by atoms with Crippen LogP contribution >= 0.6 is 27.3 Å². The Morgan fingerprint density at radius 2 is 2.05 bits per heavy atom. The summed E-state index contributed by atoms with van der Waals surface area (Å²) in [5.41, 5.74) is 0. The molecule has 0 bridgehead atoms. The molecule has 8 heteroatoms. The SMILES string of the molecule is CNS(=O)(=O)c1ccc(CNCc2ccc(Br)s2)o1. The normalized spacial score (nSPS) is 11.9. The largest absolute Gasteiger partial charge is 0.447 e. The minimum atomic E-state index is -3.50. The molecular formula is C11H13BrN2O3S2. The molecule has 0 aliphatic heterocycles. The maximum absolute atomic E-state index is 11.5. The standard InChI is InChI=1S/C11H13BrN2O3S2/c1-13-19(15,16)11-5-2-8(17-11)6-14-7-9-3-4-10(12)18-9/h2-5,13-14H,6-7H2,1H3. The van der Waals surface area contributed by atoms with Gasteiger partial charge in [0.05, 0.1) is 10.3 Å². The number of halogens is 1. The Bertz CT molecular complexity index is 648. The van der Waals surface area contributed by atoms with Gasteiger partial charge in [0.15, 0.2) is 0 Å². The summed E-state index contributed by atoms with van der Waals surface area (Å²) >= 11 is 5.05. The van der Waals surface area contributed by atoms with Gasteiger partial charge in [-0.1, -0.05) is 0 Å². The number of sulfonamides is 1. The van der Waals surface area contributed by atoms with E-state index in [1.807, 2.05) is 12.1 Å². The Morgan fingerprint density at radius 3 is 2.68 bits per heavy atom. The van der Waals surface area contributed by atoms with Gasteiger partial charge in [0.1, 0.15) is 5.76 Å². The van der Waals surface area contributed by atoms with Crippen LogP contribution in [0, 0.1) is 0 Å². The summed E-state index contributed by atoms with van der Waals surface area (Å²) in [5, 5.41) is 3.13. The molecule has 5 nitrogen and oxygen atoms in total. The smallest absolute Gasteiger partial charge is 0.273 e. The number of rotatable bonds is 6. The van der Waals surface area contributed by atoms with Crippen molar-refractivity contribution < 1.29 is 12.8 Å². The fourth-order valence-corrected chi connectivity index (χ4v) is 3.57. The number of thiophene rings is 1. The van der Waals surface area contributed by atoms with E-state index in [1.165, 1.54) is 18.0 Å². The predicted octanol–water partition coefficient (Wildman–Crippen LogP) is 2.30. The molecule has 104 valence electrons. The van der Waals surface area contributed by atoms with Gasteiger partial charge in [-0.15, -0.1) is 11.3 Å². The first-order valence-electron chi connectivity index (χ1n) is 5.48. The second-order valence-electron chi connectivity index (χ2n) is 3.74. The highest BCUT2D eigenvalue weighted by Crippen LogP contribution is 2.22. The Morgan fingerprint density at radius 1 is 1.26 bits per heavy atom. The molecule has 0 aromatic carbocycles. The van der Waals surface area contributed by atoms with Gasteiger partial charge in [-0.25, -0.2) is 13.1 Å². The molecule has 0 radical (unpaired) electrons. The second kappa shape index (κ2) is 6.19. The van der Waals surface area contributed by atoms with E-state index in [1.54, 1.807) is 17.4 Å². The molecule has 19 heavy (non-hydrogen) atoms. The van der Waals surface area contributed by atoms with Crippen LogP contribution in [0.5, 0.6) is 0 Å². The highest BCUT2D eigenvalue weighted by molar-refractivity contribution is 9.11. The summed E-state index contributed by atoms with van der Waals surface area (Å²) in [6.07, 6.45) is 0. The van der Waals surface area contributed by atoms with Crippen molar-refractivity contribution in [3.63, 3.8) is 0 Å². The van der Waals surface area contributed by atoms with E-state index in [0.29, 0.717) is 18.8 Å². The first-order valence-corrected chi connectivity index (χ1v) is 8.58. The van der Waals surface area contributed by atoms with Gasteiger partial charge in [0.25, 0.3) is 10.0 Å². The minimum absolute atomic E-state index is 0.0642. The van der Waals surface area contributed by atoms with Crippen molar-refractivity contribution >= 4 is 37.3 Å². The van der Waals surface area contributed by atoms with Crippen molar-refractivity contribution in [1.29, 1.82) is 0 Å². The van der Waals surface area contributed by atoms with Gasteiger partial charge in [-0.2, -0.15) is 0 Å². The van der Waals surface area contributed by atoms with Gasteiger partial charge in [-0.3, -0.25) is 0 Å². The summed E-state index contributed by atoms with van der Waals surface area (Å²) in [6.45, 7) is 1.19. The molecule has 0 saturated carbocycles. The minimum Gasteiger partial charge on any atom is -0.447 e. The van der Waals surface area contributed by atoms with Crippen molar-refractivity contribution in [2.45, 2.75) is 18.2 Å². The van der Waals surface area contributed by atoms with Crippen LogP contribution in [0.4, 0.5) is 0 Å². The van der Waals surface area contributed by atoms with Crippen LogP contribution in [-0.2, 0) is 23.1 Å². The summed E-state index contributed by atoms with van der Waals surface area (Å²) in [7, 11) is -2.15. The van der Waals surface area contributed by atoms with E-state index in [0.717, 1.165) is 3.79 Å². The lowest BCUT2D eigenvalue weighted by Crippen LogP contribution is -2.17. The summed E-state index contributed by atoms with van der Waals surface area (Å²) in [5.74, 6) is 0.587. The highest BCUT2D eigenvalue weighted by Gasteiger charge is 2.15. The van der Waals surface area contributed by atoms with Gasteiger partial charge in [0.2, 0.25) is 5.09 Å². The zero-order chi connectivity index (χ0) is 13.9. The molecule has 0 spiro atoms. The Hall–Kier alpha value is -0.670. The van der Waals surface area contributed by atoms with E-state index in [9.17, 15) is 8.42 Å². The molecule has 0 aliphatic rings. The number of nitrogens with one attached hydrogen (secondary N) is 2. The number of hydrogen-bond acceptors (Lipinski definition) is 5. The third-order valence-corrected chi connectivity index (χ3v) is 5.31. The molecule has 2 aromatic heterocycles. The molecular weight excluding hydrogens is 352 g/mol. The first-order chi connectivity index (χ1) is 9.01. The van der Waals surface area contributed by atoms with E-state index in [-0.39, 0.29) is 5.09 Å². The highest BCUT2D eigenvalue weighted by atomic mass is 79.9. The van der Waals surface area contributed by atoms with Crippen LogP contribution in [0.15, 0.2) is 37.6 Å². The molecule has 0 aliphatic carbocycles. The number of furan rings is 1. The fraction of sp³-hybridized carbons (Fsp3) is 0.273. The van der Waals surface area contributed by atoms with Crippen LogP contribution in [0.2, 0.25) is 0 Å². The quantitative estimate of drug-likeness (QED) is 0.824. The molecule has 0 saturated heterocycles. The molecule has 0 fully saturated rings. The molecule has 2 heterocycles.